The van der Waals surface area contributed by atoms with E-state index in [1.165, 1.54) is 7.11 Å². The Morgan fingerprint density at radius 3 is 1.35 bits per heavy atom. The molecule has 4 heterocycles. The van der Waals surface area contributed by atoms with Crippen LogP contribution >= 0.6 is 0 Å². The number of azide groups is 1. The first kappa shape index (κ1) is 65.4. The number of amides is 1. The number of alkyl carbamates (subject to hydrolysis) is 1. The van der Waals surface area contributed by atoms with Gasteiger partial charge in [0.2, 0.25) is 0 Å². The molecule has 8 N–H and O–H groups in total. The van der Waals surface area contributed by atoms with Gasteiger partial charge in [0.25, 0.3) is 0 Å². The molecule has 4 saturated heterocycles. The number of nitrogens with one attached hydrogen (secondary N) is 1. The molecule has 4 aliphatic heterocycles. The molecule has 5 aromatic carbocycles. The van der Waals surface area contributed by atoms with E-state index >= 15 is 0 Å². The summed E-state index contributed by atoms with van der Waals surface area (Å²) < 4.78 is 80.1. The predicted octanol–water partition coefficient (Wildman–Crippen LogP) is 3.24. The van der Waals surface area contributed by atoms with Gasteiger partial charge in [-0.2, -0.15) is 0 Å². The highest BCUT2D eigenvalue weighted by Crippen LogP contribution is 2.38. The lowest BCUT2D eigenvalue weighted by atomic mass is 9.94. The normalized spacial score (nSPS) is 32.2. The van der Waals surface area contributed by atoms with Crippen LogP contribution in [0, 0.1) is 0 Å². The number of aliphatic carboxylic acids is 2. The summed E-state index contributed by atoms with van der Waals surface area (Å²) in [7, 11) is 1.29. The fraction of sp³-hybridized carbons (Fsp3) is 0.459. The minimum atomic E-state index is -2.19. The van der Waals surface area contributed by atoms with Crippen molar-refractivity contribution >= 4 is 18.0 Å². The summed E-state index contributed by atoms with van der Waals surface area (Å²) in [6.45, 7) is -2.60. The number of benzene rings is 5. The molecular formula is C61H70N4O23. The summed E-state index contributed by atoms with van der Waals surface area (Å²) in [5, 5.41) is 86.1. The average Bonchev–Trinajstić information content (AvgIpc) is 1.80. The van der Waals surface area contributed by atoms with Gasteiger partial charge in [-0.15, -0.1) is 0 Å². The Labute approximate surface area is 504 Å². The smallest absolute Gasteiger partial charge is 0.407 e. The van der Waals surface area contributed by atoms with E-state index in [1.54, 1.807) is 152 Å². The van der Waals surface area contributed by atoms with Crippen molar-refractivity contribution < 1.29 is 112 Å². The van der Waals surface area contributed by atoms with Crippen molar-refractivity contribution in [3.05, 3.63) is 190 Å². The molecule has 27 nitrogen and oxygen atoms in total. The van der Waals surface area contributed by atoms with E-state index in [-0.39, 0.29) is 33.0 Å². The molecule has 472 valence electrons. The molecule has 1 amide bonds. The van der Waals surface area contributed by atoms with Crippen molar-refractivity contribution in [1.82, 2.24) is 5.32 Å². The Hall–Kier alpha value is -7.06. The van der Waals surface area contributed by atoms with E-state index in [0.717, 1.165) is 0 Å². The SMILES string of the molecule is CO[C@H]1O[C@H](CO)[C@@H](O[C@@H]2O[C@@H](C(=O)O)[C@@H](O[C@H]3O[C@H](CO)[C@@H](O[C@@H]4O[C@H](C(=O)O)[C@@H](O)[C@H](OCc5ccccc5)[C@H]4OCc4ccccc4)[C@H](O)[C@H]3N=[N+]=[N-])[C@H](OCc3ccccc3)[C@H]2O)[C@H](OCc2ccccc2)[C@H]1NC(=O)OCc1ccccc1. The van der Waals surface area contributed by atoms with Gasteiger partial charge in [0.1, 0.15) is 85.8 Å². The molecule has 0 unspecified atom stereocenters. The van der Waals surface area contributed by atoms with Gasteiger partial charge in [-0.25, -0.2) is 14.4 Å². The number of carboxylic acid groups (broad SMARTS) is 2. The van der Waals surface area contributed by atoms with Crippen LogP contribution in [0.3, 0.4) is 0 Å². The minimum Gasteiger partial charge on any atom is -0.479 e. The van der Waals surface area contributed by atoms with Crippen LogP contribution in [-0.4, -0.2) is 197 Å². The van der Waals surface area contributed by atoms with Crippen molar-refractivity contribution in [2.45, 2.75) is 156 Å². The lowest BCUT2D eigenvalue weighted by Crippen LogP contribution is -2.69. The highest BCUT2D eigenvalue weighted by molar-refractivity contribution is 5.74. The fourth-order valence-corrected chi connectivity index (χ4v) is 10.7. The molecule has 0 aliphatic carbocycles. The minimum absolute atomic E-state index is 0.117. The van der Waals surface area contributed by atoms with Gasteiger partial charge < -0.3 is 103 Å². The summed E-state index contributed by atoms with van der Waals surface area (Å²) in [6, 6.07) is 40.6. The highest BCUT2D eigenvalue weighted by atomic mass is 16.8. The van der Waals surface area contributed by atoms with Crippen molar-refractivity contribution in [3.63, 3.8) is 0 Å². The quantitative estimate of drug-likeness (QED) is 0.0212. The van der Waals surface area contributed by atoms with Crippen LogP contribution < -0.4 is 5.32 Å². The number of nitrogens with zero attached hydrogens (tertiary/aromatic N) is 3. The molecule has 0 spiro atoms. The zero-order chi connectivity index (χ0) is 62.1. The summed E-state index contributed by atoms with van der Waals surface area (Å²) >= 11 is 0. The van der Waals surface area contributed by atoms with Crippen molar-refractivity contribution in [2.24, 2.45) is 5.11 Å². The van der Waals surface area contributed by atoms with Crippen molar-refractivity contribution in [2.75, 3.05) is 20.3 Å². The second-order valence-corrected chi connectivity index (χ2v) is 21.0. The molecule has 0 bridgehead atoms. The second kappa shape index (κ2) is 31.9. The van der Waals surface area contributed by atoms with Gasteiger partial charge in [0.15, 0.2) is 37.4 Å². The fourth-order valence-electron chi connectivity index (χ4n) is 10.7. The Morgan fingerprint density at radius 2 is 0.886 bits per heavy atom. The Bertz CT molecular complexity index is 3000. The Balaban J connectivity index is 1.00. The third-order valence-electron chi connectivity index (χ3n) is 15.1. The number of carbonyl (C=O) groups is 3. The largest absolute Gasteiger partial charge is 0.479 e. The van der Waals surface area contributed by atoms with Crippen LogP contribution in [0.4, 0.5) is 4.79 Å². The van der Waals surface area contributed by atoms with Crippen LogP contribution in [0.2, 0.25) is 0 Å². The number of aliphatic hydroxyl groups is 5. The maximum absolute atomic E-state index is 13.6. The summed E-state index contributed by atoms with van der Waals surface area (Å²) in [6.07, 6.45) is -32.7. The van der Waals surface area contributed by atoms with Gasteiger partial charge in [-0.1, -0.05) is 157 Å². The molecule has 0 saturated carbocycles. The monoisotopic (exact) mass is 1230 g/mol. The third-order valence-corrected chi connectivity index (χ3v) is 15.1. The number of hydrogen-bond acceptors (Lipinski definition) is 22. The van der Waals surface area contributed by atoms with Crippen molar-refractivity contribution in [3.8, 4) is 0 Å². The number of aliphatic hydroxyl groups excluding tert-OH is 5. The van der Waals surface area contributed by atoms with Crippen molar-refractivity contribution in [1.29, 1.82) is 0 Å². The van der Waals surface area contributed by atoms with Crippen LogP contribution in [0.25, 0.3) is 10.4 Å². The van der Waals surface area contributed by atoms with E-state index in [0.29, 0.717) is 27.8 Å². The first-order valence-corrected chi connectivity index (χ1v) is 28.2. The number of methoxy groups -OCH3 is 1. The standard InChI is InChI=1S/C61H70N4O23/c1-76-57-42(63-61(75)81-33-38-25-15-6-16-26-38)48(77-29-34-17-7-2-8-18-34)47(40(28-67)82-57)85-59-45(70)50(79-31-36-21-11-4-12-22-36)52(53(88-59)56(73)74)87-58-41(64-65-62)43(68)46(39(27-66)83-58)84-60-54(80-32-37-23-13-5-14-24-37)49(44(69)51(86-60)55(71)72)78-30-35-19-9-3-10-20-35/h2-26,39-54,57-60,66-70H,27-33H2,1H3,(H,63,75)(H,71,72)(H,73,74)/t39-,40-,41-,42-,43-,44+,45-,46-,47-,48-,49+,50-,51+,52+,53-,54-,57+,58-,59-,60-/m1/s1. The van der Waals surface area contributed by atoms with Gasteiger partial charge in [-0.3, -0.25) is 0 Å². The zero-order valence-electron chi connectivity index (χ0n) is 47.4. The molecule has 20 atom stereocenters. The molecular weight excluding hydrogens is 1160 g/mol. The van der Waals surface area contributed by atoms with E-state index < -0.39 is 154 Å². The van der Waals surface area contributed by atoms with E-state index in [2.05, 4.69) is 15.3 Å². The van der Waals surface area contributed by atoms with Gasteiger partial charge in [0, 0.05) is 12.0 Å². The number of rotatable bonds is 27. The summed E-state index contributed by atoms with van der Waals surface area (Å²) in [4.78, 5) is 42.8. The Morgan fingerprint density at radius 1 is 0.477 bits per heavy atom. The number of carboxylic acids is 2. The molecule has 27 heteroatoms. The average molecular weight is 1230 g/mol. The van der Waals surface area contributed by atoms with E-state index in [9.17, 15) is 55.7 Å². The topological polar surface area (TPSA) is 374 Å². The van der Waals surface area contributed by atoms with Crippen LogP contribution in [0.15, 0.2) is 157 Å². The summed E-state index contributed by atoms with van der Waals surface area (Å²) in [5.41, 5.74) is 13.2. The van der Waals surface area contributed by atoms with E-state index in [4.69, 9.17) is 61.6 Å². The second-order valence-electron chi connectivity index (χ2n) is 21.0. The predicted molar refractivity (Wildman–Crippen MR) is 300 cm³/mol. The number of hydrogen-bond donors (Lipinski definition) is 8. The number of carbonyl (C=O) groups excluding carboxylic acids is 1. The van der Waals surface area contributed by atoms with Gasteiger partial charge in [0.05, 0.1) is 45.7 Å². The lowest BCUT2D eigenvalue weighted by molar-refractivity contribution is -0.376. The maximum Gasteiger partial charge on any atom is 0.407 e. The first-order chi connectivity index (χ1) is 42.8. The van der Waals surface area contributed by atoms with Crippen LogP contribution in [-0.2, 0) is 104 Å². The van der Waals surface area contributed by atoms with E-state index in [1.807, 2.05) is 0 Å². The maximum atomic E-state index is 13.6. The Kier molecular flexibility index (Phi) is 23.7. The summed E-state index contributed by atoms with van der Waals surface area (Å²) in [5.74, 6) is -3.34. The number of ether oxygens (including phenoxy) is 13. The lowest BCUT2D eigenvalue weighted by Gasteiger charge is -2.50. The molecule has 88 heavy (non-hydrogen) atoms. The molecule has 9 rings (SSSR count). The van der Waals surface area contributed by atoms with Gasteiger partial charge in [-0.05, 0) is 33.3 Å². The highest BCUT2D eigenvalue weighted by Gasteiger charge is 2.59. The first-order valence-electron chi connectivity index (χ1n) is 28.2. The van der Waals surface area contributed by atoms with Crippen LogP contribution in [0.5, 0.6) is 0 Å². The van der Waals surface area contributed by atoms with Crippen LogP contribution in [0.1, 0.15) is 27.8 Å². The van der Waals surface area contributed by atoms with Gasteiger partial charge >= 0.3 is 18.0 Å². The molecule has 4 fully saturated rings. The molecule has 0 aromatic heterocycles. The molecule has 0 radical (unpaired) electrons. The zero-order valence-corrected chi connectivity index (χ0v) is 47.4. The molecule has 5 aromatic rings. The molecule has 4 aliphatic rings. The third kappa shape index (κ3) is 16.4.